The highest BCUT2D eigenvalue weighted by atomic mass is 16.6. The summed E-state index contributed by atoms with van der Waals surface area (Å²) in [6, 6.07) is 2.14. The molecule has 2 unspecified atom stereocenters. The van der Waals surface area contributed by atoms with Crippen LogP contribution in [0.5, 0.6) is 0 Å². The standard InChI is InChI=1S/C12H21N3O2/c1-12(2,3)17-11(16)14-10-5-6-15(4)8-9(10)7-13/h9-10H,5-6,8H2,1-4H3,(H,14,16). The summed E-state index contributed by atoms with van der Waals surface area (Å²) < 4.78 is 5.19. The SMILES string of the molecule is CN1CCC(NC(=O)OC(C)(C)C)C(C#N)C1. The minimum absolute atomic E-state index is 0.106. The first-order valence-corrected chi connectivity index (χ1v) is 5.89. The Labute approximate surface area is 103 Å². The van der Waals surface area contributed by atoms with E-state index in [-0.39, 0.29) is 12.0 Å². The average Bonchev–Trinajstić information content (AvgIpc) is 2.17. The van der Waals surface area contributed by atoms with E-state index in [1.807, 2.05) is 27.8 Å². The van der Waals surface area contributed by atoms with E-state index in [2.05, 4.69) is 16.3 Å². The number of alkyl carbamates (subject to hydrolysis) is 1. The van der Waals surface area contributed by atoms with Crippen LogP contribution in [-0.2, 0) is 4.74 Å². The molecule has 0 aromatic rings. The van der Waals surface area contributed by atoms with Crippen LogP contribution in [0.25, 0.3) is 0 Å². The van der Waals surface area contributed by atoms with Crippen molar-refractivity contribution in [3.8, 4) is 6.07 Å². The second-order valence-electron chi connectivity index (χ2n) is 5.54. The highest BCUT2D eigenvalue weighted by molar-refractivity contribution is 5.68. The zero-order chi connectivity index (χ0) is 13.1. The monoisotopic (exact) mass is 239 g/mol. The number of likely N-dealkylation sites (tertiary alicyclic amines) is 1. The van der Waals surface area contributed by atoms with E-state index < -0.39 is 11.7 Å². The van der Waals surface area contributed by atoms with E-state index in [0.29, 0.717) is 6.54 Å². The van der Waals surface area contributed by atoms with E-state index in [9.17, 15) is 4.79 Å². The van der Waals surface area contributed by atoms with Crippen LogP contribution in [0.2, 0.25) is 0 Å². The van der Waals surface area contributed by atoms with E-state index >= 15 is 0 Å². The summed E-state index contributed by atoms with van der Waals surface area (Å²) in [5, 5.41) is 11.8. The van der Waals surface area contributed by atoms with Gasteiger partial charge in [-0.15, -0.1) is 0 Å². The van der Waals surface area contributed by atoms with Crippen LogP contribution in [0.4, 0.5) is 4.79 Å². The highest BCUT2D eigenvalue weighted by Crippen LogP contribution is 2.16. The van der Waals surface area contributed by atoms with E-state index in [4.69, 9.17) is 10.00 Å². The number of hydrogen-bond acceptors (Lipinski definition) is 4. The summed E-state index contributed by atoms with van der Waals surface area (Å²) in [5.41, 5.74) is -0.502. The van der Waals surface area contributed by atoms with E-state index in [1.165, 1.54) is 0 Å². The Morgan fingerprint density at radius 2 is 2.18 bits per heavy atom. The molecule has 0 aromatic carbocycles. The summed E-state index contributed by atoms with van der Waals surface area (Å²) in [5.74, 6) is -0.165. The van der Waals surface area contributed by atoms with Crippen LogP contribution in [0.15, 0.2) is 0 Å². The first-order chi connectivity index (χ1) is 7.81. The third-order valence-electron chi connectivity index (χ3n) is 2.68. The number of ether oxygens (including phenoxy) is 1. The number of nitrogens with one attached hydrogen (secondary N) is 1. The normalized spacial score (nSPS) is 26.1. The molecule has 1 aliphatic rings. The summed E-state index contributed by atoms with van der Waals surface area (Å²) in [6.45, 7) is 7.05. The zero-order valence-electron chi connectivity index (χ0n) is 11.0. The number of hydrogen-bond donors (Lipinski definition) is 1. The predicted octanol–water partition coefficient (Wildman–Crippen LogP) is 1.35. The van der Waals surface area contributed by atoms with Crippen molar-refractivity contribution in [3.63, 3.8) is 0 Å². The fourth-order valence-electron chi connectivity index (χ4n) is 1.88. The Balaban J connectivity index is 2.50. The molecular weight excluding hydrogens is 218 g/mol. The Hall–Kier alpha value is -1.28. The lowest BCUT2D eigenvalue weighted by molar-refractivity contribution is 0.0465. The average molecular weight is 239 g/mol. The Morgan fingerprint density at radius 1 is 1.53 bits per heavy atom. The van der Waals surface area contributed by atoms with Gasteiger partial charge >= 0.3 is 6.09 Å². The molecule has 0 aliphatic carbocycles. The van der Waals surface area contributed by atoms with Crippen LogP contribution in [0.3, 0.4) is 0 Å². The third kappa shape index (κ3) is 4.61. The maximum atomic E-state index is 11.6. The van der Waals surface area contributed by atoms with Gasteiger partial charge in [0, 0.05) is 6.54 Å². The van der Waals surface area contributed by atoms with Crippen LogP contribution >= 0.6 is 0 Å². The minimum atomic E-state index is -0.502. The molecule has 0 bridgehead atoms. The highest BCUT2D eigenvalue weighted by Gasteiger charge is 2.30. The van der Waals surface area contributed by atoms with Gasteiger partial charge in [0.2, 0.25) is 0 Å². The van der Waals surface area contributed by atoms with E-state index in [1.54, 1.807) is 0 Å². The number of carbonyl (C=O) groups is 1. The molecule has 0 radical (unpaired) electrons. The second-order valence-corrected chi connectivity index (χ2v) is 5.54. The van der Waals surface area contributed by atoms with Crippen molar-refractivity contribution >= 4 is 6.09 Å². The number of rotatable bonds is 1. The van der Waals surface area contributed by atoms with Gasteiger partial charge in [0.05, 0.1) is 18.0 Å². The van der Waals surface area contributed by atoms with Gasteiger partial charge in [-0.2, -0.15) is 5.26 Å². The maximum Gasteiger partial charge on any atom is 0.407 e. The maximum absolute atomic E-state index is 11.6. The van der Waals surface area contributed by atoms with Crippen LogP contribution in [0, 0.1) is 17.2 Å². The van der Waals surface area contributed by atoms with Crippen LogP contribution in [-0.4, -0.2) is 42.8 Å². The molecule has 5 nitrogen and oxygen atoms in total. The van der Waals surface area contributed by atoms with Gasteiger partial charge < -0.3 is 15.0 Å². The zero-order valence-corrected chi connectivity index (χ0v) is 11.0. The van der Waals surface area contributed by atoms with Crippen molar-refractivity contribution in [1.29, 1.82) is 5.26 Å². The van der Waals surface area contributed by atoms with Crippen molar-refractivity contribution in [2.45, 2.75) is 38.8 Å². The van der Waals surface area contributed by atoms with Gasteiger partial charge in [0.1, 0.15) is 5.60 Å². The molecular formula is C12H21N3O2. The largest absolute Gasteiger partial charge is 0.444 e. The van der Waals surface area contributed by atoms with Crippen LogP contribution in [0.1, 0.15) is 27.2 Å². The molecule has 0 spiro atoms. The van der Waals surface area contributed by atoms with Crippen molar-refractivity contribution in [2.75, 3.05) is 20.1 Å². The Morgan fingerprint density at radius 3 is 2.71 bits per heavy atom. The van der Waals surface area contributed by atoms with Gasteiger partial charge in [-0.3, -0.25) is 0 Å². The fraction of sp³-hybridized carbons (Fsp3) is 0.833. The Kier molecular flexibility index (Phi) is 4.35. The lowest BCUT2D eigenvalue weighted by Gasteiger charge is -2.33. The second kappa shape index (κ2) is 5.37. The molecule has 96 valence electrons. The molecule has 0 aromatic heterocycles. The van der Waals surface area contributed by atoms with E-state index in [0.717, 1.165) is 13.0 Å². The summed E-state index contributed by atoms with van der Waals surface area (Å²) in [7, 11) is 1.98. The molecule has 1 rings (SSSR count). The lowest BCUT2D eigenvalue weighted by atomic mass is 9.94. The molecule has 1 amide bonds. The lowest BCUT2D eigenvalue weighted by Crippen LogP contribution is -2.50. The summed E-state index contributed by atoms with van der Waals surface area (Å²) in [4.78, 5) is 13.7. The number of carbonyl (C=O) groups excluding carboxylic acids is 1. The van der Waals surface area contributed by atoms with Crippen LogP contribution < -0.4 is 5.32 Å². The van der Waals surface area contributed by atoms with Gasteiger partial charge in [-0.1, -0.05) is 0 Å². The molecule has 2 atom stereocenters. The van der Waals surface area contributed by atoms with Gasteiger partial charge in [0.15, 0.2) is 0 Å². The molecule has 17 heavy (non-hydrogen) atoms. The quantitative estimate of drug-likeness (QED) is 0.750. The molecule has 1 aliphatic heterocycles. The van der Waals surface area contributed by atoms with Crippen molar-refractivity contribution in [1.82, 2.24) is 10.2 Å². The summed E-state index contributed by atoms with van der Waals surface area (Å²) >= 11 is 0. The van der Waals surface area contributed by atoms with Crippen molar-refractivity contribution in [3.05, 3.63) is 0 Å². The fourth-order valence-corrected chi connectivity index (χ4v) is 1.88. The first kappa shape index (κ1) is 13.8. The first-order valence-electron chi connectivity index (χ1n) is 5.89. The topological polar surface area (TPSA) is 65.4 Å². The number of nitrogens with zero attached hydrogens (tertiary/aromatic N) is 2. The van der Waals surface area contributed by atoms with Crippen molar-refractivity contribution < 1.29 is 9.53 Å². The smallest absolute Gasteiger partial charge is 0.407 e. The molecule has 1 heterocycles. The summed E-state index contributed by atoms with van der Waals surface area (Å²) in [6.07, 6.45) is 0.348. The number of amides is 1. The number of nitriles is 1. The Bertz CT molecular complexity index is 317. The third-order valence-corrected chi connectivity index (χ3v) is 2.68. The molecule has 1 saturated heterocycles. The van der Waals surface area contributed by atoms with Gasteiger partial charge in [-0.05, 0) is 40.8 Å². The predicted molar refractivity (Wildman–Crippen MR) is 64.4 cm³/mol. The van der Waals surface area contributed by atoms with Crippen molar-refractivity contribution in [2.24, 2.45) is 5.92 Å². The minimum Gasteiger partial charge on any atom is -0.444 e. The number of piperidine rings is 1. The molecule has 1 fully saturated rings. The van der Waals surface area contributed by atoms with Gasteiger partial charge in [0.25, 0.3) is 0 Å². The molecule has 0 saturated carbocycles. The molecule has 5 heteroatoms. The van der Waals surface area contributed by atoms with Gasteiger partial charge in [-0.25, -0.2) is 4.79 Å². The molecule has 1 N–H and O–H groups in total.